The molecule has 0 bridgehead atoms. The number of amides is 2. The molecule has 2 aromatic heterocycles. The quantitative estimate of drug-likeness (QED) is 0.531. The van der Waals surface area contributed by atoms with Crippen molar-refractivity contribution in [1.29, 1.82) is 0 Å². The number of nitrogens with zero attached hydrogens (tertiary/aromatic N) is 1. The molecule has 0 spiro atoms. The molecule has 1 aromatic carbocycles. The van der Waals surface area contributed by atoms with E-state index in [1.165, 1.54) is 17.6 Å². The van der Waals surface area contributed by atoms with Gasteiger partial charge < -0.3 is 15.1 Å². The van der Waals surface area contributed by atoms with Crippen molar-refractivity contribution in [3.63, 3.8) is 0 Å². The van der Waals surface area contributed by atoms with Crippen LogP contribution in [0.1, 0.15) is 23.4 Å². The SMILES string of the molecule is O=C(CCCNC(=O)c1ccco1)Nc1nc(-c2ccc(Cl)cc2Cl)cs1. The molecule has 2 amide bonds. The smallest absolute Gasteiger partial charge is 0.286 e. The zero-order valence-electron chi connectivity index (χ0n) is 14.0. The summed E-state index contributed by atoms with van der Waals surface area (Å²) in [5.74, 6) is -0.231. The molecule has 0 saturated heterocycles. The molecule has 0 aliphatic heterocycles. The molecule has 27 heavy (non-hydrogen) atoms. The van der Waals surface area contributed by atoms with E-state index in [4.69, 9.17) is 27.6 Å². The first kappa shape index (κ1) is 19.4. The van der Waals surface area contributed by atoms with E-state index in [1.54, 1.807) is 30.3 Å². The zero-order chi connectivity index (χ0) is 19.2. The van der Waals surface area contributed by atoms with Crippen LogP contribution in [0.15, 0.2) is 46.4 Å². The van der Waals surface area contributed by atoms with Gasteiger partial charge in [0.25, 0.3) is 5.91 Å². The lowest BCUT2D eigenvalue weighted by Crippen LogP contribution is -2.25. The molecule has 0 fully saturated rings. The molecule has 0 saturated carbocycles. The van der Waals surface area contributed by atoms with Crippen molar-refractivity contribution in [2.24, 2.45) is 0 Å². The molecular weight excluding hydrogens is 409 g/mol. The summed E-state index contributed by atoms with van der Waals surface area (Å²) in [6.07, 6.45) is 2.19. The number of benzene rings is 1. The summed E-state index contributed by atoms with van der Waals surface area (Å²) in [6, 6.07) is 8.38. The maximum absolute atomic E-state index is 12.0. The van der Waals surface area contributed by atoms with Crippen LogP contribution in [0.2, 0.25) is 10.0 Å². The van der Waals surface area contributed by atoms with Crippen LogP contribution in [-0.2, 0) is 4.79 Å². The Morgan fingerprint density at radius 1 is 1.22 bits per heavy atom. The Morgan fingerprint density at radius 3 is 2.81 bits per heavy atom. The highest BCUT2D eigenvalue weighted by molar-refractivity contribution is 7.14. The van der Waals surface area contributed by atoms with E-state index < -0.39 is 0 Å². The van der Waals surface area contributed by atoms with Crippen molar-refractivity contribution in [3.8, 4) is 11.3 Å². The summed E-state index contributed by atoms with van der Waals surface area (Å²) in [7, 11) is 0. The second kappa shape index (κ2) is 9.03. The third kappa shape index (κ3) is 5.32. The van der Waals surface area contributed by atoms with Crippen molar-refractivity contribution in [2.45, 2.75) is 12.8 Å². The Balaban J connectivity index is 1.46. The molecular formula is C18H15Cl2N3O3S. The van der Waals surface area contributed by atoms with E-state index in [2.05, 4.69) is 15.6 Å². The minimum atomic E-state index is -0.301. The minimum Gasteiger partial charge on any atom is -0.459 e. The van der Waals surface area contributed by atoms with E-state index in [1.807, 2.05) is 5.38 Å². The van der Waals surface area contributed by atoms with Crippen LogP contribution in [0.5, 0.6) is 0 Å². The van der Waals surface area contributed by atoms with Crippen LogP contribution in [-0.4, -0.2) is 23.3 Å². The first-order valence-corrected chi connectivity index (χ1v) is 9.69. The Hall–Kier alpha value is -2.35. The Labute approximate surface area is 169 Å². The van der Waals surface area contributed by atoms with Gasteiger partial charge in [-0.25, -0.2) is 4.98 Å². The Kier molecular flexibility index (Phi) is 6.49. The third-order valence-electron chi connectivity index (χ3n) is 3.57. The number of aromatic nitrogens is 1. The number of halogens is 2. The van der Waals surface area contributed by atoms with Crippen LogP contribution in [0.3, 0.4) is 0 Å². The van der Waals surface area contributed by atoms with Crippen molar-refractivity contribution in [3.05, 3.63) is 57.8 Å². The van der Waals surface area contributed by atoms with Crippen LogP contribution in [0, 0.1) is 0 Å². The topological polar surface area (TPSA) is 84.2 Å². The summed E-state index contributed by atoms with van der Waals surface area (Å²) in [6.45, 7) is 0.371. The summed E-state index contributed by atoms with van der Waals surface area (Å²) < 4.78 is 4.99. The predicted octanol–water partition coefficient (Wildman–Crippen LogP) is 4.86. The van der Waals surface area contributed by atoms with Crippen molar-refractivity contribution >= 4 is 51.5 Å². The molecule has 3 aromatic rings. The average Bonchev–Trinajstić information content (AvgIpc) is 3.30. The molecule has 0 aliphatic rings. The maximum Gasteiger partial charge on any atom is 0.286 e. The fourth-order valence-electron chi connectivity index (χ4n) is 2.28. The highest BCUT2D eigenvalue weighted by Crippen LogP contribution is 2.32. The van der Waals surface area contributed by atoms with E-state index in [0.717, 1.165) is 5.56 Å². The number of furan rings is 1. The van der Waals surface area contributed by atoms with Gasteiger partial charge in [0, 0.05) is 28.9 Å². The number of carbonyl (C=O) groups excluding carboxylic acids is 2. The largest absolute Gasteiger partial charge is 0.459 e. The second-order valence-corrected chi connectivity index (χ2v) is 7.25. The van der Waals surface area contributed by atoms with Gasteiger partial charge in [0.15, 0.2) is 10.9 Å². The van der Waals surface area contributed by atoms with Gasteiger partial charge in [-0.1, -0.05) is 23.2 Å². The van der Waals surface area contributed by atoms with Gasteiger partial charge in [-0.3, -0.25) is 9.59 Å². The van der Waals surface area contributed by atoms with Crippen LogP contribution >= 0.6 is 34.5 Å². The lowest BCUT2D eigenvalue weighted by molar-refractivity contribution is -0.116. The van der Waals surface area contributed by atoms with Gasteiger partial charge in [0.1, 0.15) is 0 Å². The maximum atomic E-state index is 12.0. The van der Waals surface area contributed by atoms with E-state index in [9.17, 15) is 9.59 Å². The molecule has 9 heteroatoms. The first-order valence-electron chi connectivity index (χ1n) is 8.05. The van der Waals surface area contributed by atoms with Gasteiger partial charge in [0.05, 0.1) is 17.0 Å². The molecule has 6 nitrogen and oxygen atoms in total. The normalized spacial score (nSPS) is 10.6. The molecule has 0 radical (unpaired) electrons. The number of hydrogen-bond acceptors (Lipinski definition) is 5. The van der Waals surface area contributed by atoms with E-state index in [-0.39, 0.29) is 24.0 Å². The lowest BCUT2D eigenvalue weighted by atomic mass is 10.2. The molecule has 2 heterocycles. The number of nitrogens with one attached hydrogen (secondary N) is 2. The minimum absolute atomic E-state index is 0.176. The van der Waals surface area contributed by atoms with Crippen molar-refractivity contribution in [2.75, 3.05) is 11.9 Å². The van der Waals surface area contributed by atoms with Gasteiger partial charge >= 0.3 is 0 Å². The molecule has 0 unspecified atom stereocenters. The first-order chi connectivity index (χ1) is 13.0. The van der Waals surface area contributed by atoms with E-state index in [0.29, 0.717) is 33.8 Å². The Morgan fingerprint density at radius 2 is 2.07 bits per heavy atom. The third-order valence-corrected chi connectivity index (χ3v) is 4.87. The molecule has 0 aliphatic carbocycles. The highest BCUT2D eigenvalue weighted by atomic mass is 35.5. The molecule has 3 rings (SSSR count). The number of hydrogen-bond donors (Lipinski definition) is 2. The molecule has 0 atom stereocenters. The van der Waals surface area contributed by atoms with Gasteiger partial charge in [-0.05, 0) is 36.8 Å². The lowest BCUT2D eigenvalue weighted by Gasteiger charge is -2.04. The predicted molar refractivity (Wildman–Crippen MR) is 106 cm³/mol. The van der Waals surface area contributed by atoms with Gasteiger partial charge in [-0.2, -0.15) is 0 Å². The monoisotopic (exact) mass is 423 g/mol. The molecule has 140 valence electrons. The van der Waals surface area contributed by atoms with Crippen LogP contribution in [0.4, 0.5) is 5.13 Å². The van der Waals surface area contributed by atoms with Crippen molar-refractivity contribution < 1.29 is 14.0 Å². The number of carbonyl (C=O) groups is 2. The van der Waals surface area contributed by atoms with Crippen molar-refractivity contribution in [1.82, 2.24) is 10.3 Å². The number of thiazole rings is 1. The fourth-order valence-corrected chi connectivity index (χ4v) is 3.51. The highest BCUT2D eigenvalue weighted by Gasteiger charge is 2.11. The summed E-state index contributed by atoms with van der Waals surface area (Å²) in [5.41, 5.74) is 1.42. The fraction of sp³-hybridized carbons (Fsp3) is 0.167. The summed E-state index contributed by atoms with van der Waals surface area (Å²) >= 11 is 13.4. The van der Waals surface area contributed by atoms with Crippen LogP contribution in [0.25, 0.3) is 11.3 Å². The van der Waals surface area contributed by atoms with Gasteiger partial charge in [-0.15, -0.1) is 11.3 Å². The number of anilines is 1. The van der Waals surface area contributed by atoms with Gasteiger partial charge in [0.2, 0.25) is 5.91 Å². The van der Waals surface area contributed by atoms with E-state index >= 15 is 0 Å². The summed E-state index contributed by atoms with van der Waals surface area (Å²) in [5, 5.41) is 8.78. The average molecular weight is 424 g/mol. The second-order valence-electron chi connectivity index (χ2n) is 5.55. The van der Waals surface area contributed by atoms with Crippen LogP contribution < -0.4 is 10.6 Å². The Bertz CT molecular complexity index is 941. The summed E-state index contributed by atoms with van der Waals surface area (Å²) in [4.78, 5) is 28.1. The molecule has 2 N–H and O–H groups in total. The number of rotatable bonds is 7. The standard InChI is InChI=1S/C18H15Cl2N3O3S/c19-11-5-6-12(13(20)9-11)14-10-27-18(22-14)23-16(24)4-1-7-21-17(25)15-3-2-8-26-15/h2-3,5-6,8-10H,1,4,7H2,(H,21,25)(H,22,23,24). The zero-order valence-corrected chi connectivity index (χ0v) is 16.3.